The Morgan fingerprint density at radius 1 is 0.964 bits per heavy atom. The Morgan fingerprint density at radius 3 is 2.46 bits per heavy atom. The Bertz CT molecular complexity index is 728. The zero-order chi connectivity index (χ0) is 19.6. The molecule has 0 atom stereocenters. The number of carbonyl (C=O) groups is 1. The van der Waals surface area contributed by atoms with E-state index in [4.69, 9.17) is 9.47 Å². The van der Waals surface area contributed by atoms with Crippen LogP contribution in [0.2, 0.25) is 0 Å². The number of ether oxygens (including phenoxy) is 2. The van der Waals surface area contributed by atoms with E-state index in [0.29, 0.717) is 13.0 Å². The van der Waals surface area contributed by atoms with E-state index >= 15 is 0 Å². The number of piperazine rings is 1. The van der Waals surface area contributed by atoms with Crippen LogP contribution in [0.4, 0.5) is 0 Å². The number of para-hydroxylation sites is 1. The molecule has 5 heteroatoms. The molecule has 0 radical (unpaired) electrons. The van der Waals surface area contributed by atoms with E-state index in [2.05, 4.69) is 17.0 Å². The van der Waals surface area contributed by atoms with E-state index in [9.17, 15) is 4.79 Å². The largest absolute Gasteiger partial charge is 0.497 e. The van der Waals surface area contributed by atoms with E-state index in [1.807, 2.05) is 47.4 Å². The normalized spacial score (nSPS) is 14.7. The number of rotatable bonds is 9. The second kappa shape index (κ2) is 10.7. The first-order valence-electron chi connectivity index (χ1n) is 10.1. The fourth-order valence-electron chi connectivity index (χ4n) is 3.49. The first-order valence-corrected chi connectivity index (χ1v) is 10.1. The number of hydrogen-bond donors (Lipinski definition) is 0. The average Bonchev–Trinajstić information content (AvgIpc) is 2.75. The van der Waals surface area contributed by atoms with Gasteiger partial charge in [0.2, 0.25) is 5.91 Å². The van der Waals surface area contributed by atoms with E-state index in [1.54, 1.807) is 7.11 Å². The zero-order valence-corrected chi connectivity index (χ0v) is 16.7. The van der Waals surface area contributed by atoms with Crippen molar-refractivity contribution in [3.8, 4) is 11.5 Å². The molecule has 2 aromatic carbocycles. The van der Waals surface area contributed by atoms with Gasteiger partial charge >= 0.3 is 0 Å². The number of carbonyl (C=O) groups excluding carboxylic acids is 1. The van der Waals surface area contributed by atoms with Crippen LogP contribution in [0.5, 0.6) is 11.5 Å². The van der Waals surface area contributed by atoms with Crippen LogP contribution in [0.3, 0.4) is 0 Å². The highest BCUT2D eigenvalue weighted by Crippen LogP contribution is 2.14. The van der Waals surface area contributed by atoms with Crippen molar-refractivity contribution in [3.05, 3.63) is 60.2 Å². The third-order valence-electron chi connectivity index (χ3n) is 5.13. The molecule has 28 heavy (non-hydrogen) atoms. The predicted molar refractivity (Wildman–Crippen MR) is 111 cm³/mol. The fraction of sp³-hybridized carbons (Fsp3) is 0.435. The number of aryl methyl sites for hydroxylation is 1. The molecule has 150 valence electrons. The molecule has 1 heterocycles. The van der Waals surface area contributed by atoms with Crippen molar-refractivity contribution < 1.29 is 14.3 Å². The third kappa shape index (κ3) is 6.27. The summed E-state index contributed by atoms with van der Waals surface area (Å²) in [6.07, 6.45) is 2.60. The zero-order valence-electron chi connectivity index (χ0n) is 16.7. The molecular weight excluding hydrogens is 352 g/mol. The number of amides is 1. The molecule has 1 amide bonds. The van der Waals surface area contributed by atoms with Crippen molar-refractivity contribution in [1.29, 1.82) is 0 Å². The third-order valence-corrected chi connectivity index (χ3v) is 5.13. The van der Waals surface area contributed by atoms with Gasteiger partial charge in [0.1, 0.15) is 11.5 Å². The van der Waals surface area contributed by atoms with Gasteiger partial charge in [-0.05, 0) is 49.2 Å². The summed E-state index contributed by atoms with van der Waals surface area (Å²) in [4.78, 5) is 16.8. The maximum Gasteiger partial charge on any atom is 0.226 e. The van der Waals surface area contributed by atoms with Crippen LogP contribution in [0.25, 0.3) is 0 Å². The summed E-state index contributed by atoms with van der Waals surface area (Å²) in [5, 5.41) is 0. The molecule has 0 N–H and O–H groups in total. The van der Waals surface area contributed by atoms with Crippen LogP contribution in [0.15, 0.2) is 54.6 Å². The predicted octanol–water partition coefficient (Wildman–Crippen LogP) is 3.24. The molecular formula is C23H30N2O3. The van der Waals surface area contributed by atoms with Crippen molar-refractivity contribution >= 4 is 5.91 Å². The highest BCUT2D eigenvalue weighted by molar-refractivity contribution is 5.76. The number of methoxy groups -OCH3 is 1. The van der Waals surface area contributed by atoms with Gasteiger partial charge in [-0.25, -0.2) is 0 Å². The average molecular weight is 383 g/mol. The van der Waals surface area contributed by atoms with Crippen LogP contribution in [0.1, 0.15) is 18.4 Å². The van der Waals surface area contributed by atoms with Crippen molar-refractivity contribution in [2.75, 3.05) is 46.4 Å². The van der Waals surface area contributed by atoms with E-state index in [-0.39, 0.29) is 5.91 Å². The second-order valence-electron chi connectivity index (χ2n) is 7.09. The van der Waals surface area contributed by atoms with E-state index in [1.165, 1.54) is 5.56 Å². The smallest absolute Gasteiger partial charge is 0.226 e. The van der Waals surface area contributed by atoms with E-state index in [0.717, 1.165) is 57.1 Å². The minimum atomic E-state index is 0.187. The van der Waals surface area contributed by atoms with Gasteiger partial charge in [-0.1, -0.05) is 30.3 Å². The monoisotopic (exact) mass is 382 g/mol. The Kier molecular flexibility index (Phi) is 7.73. The Balaban J connectivity index is 1.31. The lowest BCUT2D eigenvalue weighted by atomic mass is 10.1. The molecule has 5 nitrogen and oxygen atoms in total. The molecule has 2 aromatic rings. The molecule has 0 saturated carbocycles. The summed E-state index contributed by atoms with van der Waals surface area (Å²) in [6.45, 7) is 5.01. The van der Waals surface area contributed by atoms with Crippen LogP contribution in [-0.4, -0.2) is 62.1 Å². The van der Waals surface area contributed by atoms with Crippen LogP contribution >= 0.6 is 0 Å². The van der Waals surface area contributed by atoms with E-state index < -0.39 is 0 Å². The van der Waals surface area contributed by atoms with Gasteiger partial charge < -0.3 is 14.4 Å². The lowest BCUT2D eigenvalue weighted by molar-refractivity contribution is -0.133. The molecule has 0 bridgehead atoms. The summed E-state index contributed by atoms with van der Waals surface area (Å²) in [5.41, 5.74) is 1.31. The van der Waals surface area contributed by atoms with Crippen molar-refractivity contribution in [1.82, 2.24) is 9.80 Å². The molecule has 0 unspecified atom stereocenters. The second-order valence-corrected chi connectivity index (χ2v) is 7.09. The summed E-state index contributed by atoms with van der Waals surface area (Å²) >= 11 is 0. The highest BCUT2D eigenvalue weighted by atomic mass is 16.5. The topological polar surface area (TPSA) is 42.0 Å². The molecule has 0 aromatic heterocycles. The standard InChI is InChI=1S/C23H30N2O3/c1-27-22-11-5-7-20(19-22)8-6-13-24-14-16-25(17-15-24)23(26)12-18-28-21-9-3-2-4-10-21/h2-5,7,9-11,19H,6,8,12-18H2,1H3. The van der Waals surface area contributed by atoms with Crippen LogP contribution in [0, 0.1) is 0 Å². The van der Waals surface area contributed by atoms with Gasteiger partial charge in [-0.3, -0.25) is 9.69 Å². The molecule has 1 saturated heterocycles. The lowest BCUT2D eigenvalue weighted by Crippen LogP contribution is -2.49. The molecule has 1 aliphatic heterocycles. The molecule has 1 fully saturated rings. The van der Waals surface area contributed by atoms with Crippen molar-refractivity contribution in [2.24, 2.45) is 0 Å². The van der Waals surface area contributed by atoms with Gasteiger partial charge in [0.05, 0.1) is 20.1 Å². The minimum absolute atomic E-state index is 0.187. The maximum absolute atomic E-state index is 12.4. The lowest BCUT2D eigenvalue weighted by Gasteiger charge is -2.34. The Morgan fingerprint density at radius 2 is 1.71 bits per heavy atom. The van der Waals surface area contributed by atoms with Gasteiger partial charge in [0, 0.05) is 26.2 Å². The summed E-state index contributed by atoms with van der Waals surface area (Å²) in [6, 6.07) is 17.9. The molecule has 0 aliphatic carbocycles. The quantitative estimate of drug-likeness (QED) is 0.668. The fourth-order valence-corrected chi connectivity index (χ4v) is 3.49. The van der Waals surface area contributed by atoms with Crippen LogP contribution in [-0.2, 0) is 11.2 Å². The first-order chi connectivity index (χ1) is 13.7. The molecule has 3 rings (SSSR count). The summed E-state index contributed by atoms with van der Waals surface area (Å²) < 4.78 is 10.9. The number of benzene rings is 2. The number of nitrogens with zero attached hydrogens (tertiary/aromatic N) is 2. The summed E-state index contributed by atoms with van der Waals surface area (Å²) in [5.74, 6) is 1.92. The first kappa shape index (κ1) is 20.2. The van der Waals surface area contributed by atoms with Gasteiger partial charge in [-0.2, -0.15) is 0 Å². The van der Waals surface area contributed by atoms with Gasteiger partial charge in [0.25, 0.3) is 0 Å². The SMILES string of the molecule is COc1cccc(CCCN2CCN(C(=O)CCOc3ccccc3)CC2)c1. The number of hydrogen-bond acceptors (Lipinski definition) is 4. The van der Waals surface area contributed by atoms with Crippen molar-refractivity contribution in [3.63, 3.8) is 0 Å². The van der Waals surface area contributed by atoms with Crippen molar-refractivity contribution in [2.45, 2.75) is 19.3 Å². The Hall–Kier alpha value is -2.53. The molecule has 0 spiro atoms. The highest BCUT2D eigenvalue weighted by Gasteiger charge is 2.20. The Labute approximate surface area is 167 Å². The maximum atomic E-state index is 12.4. The van der Waals surface area contributed by atoms with Gasteiger partial charge in [0.15, 0.2) is 0 Å². The molecule has 1 aliphatic rings. The van der Waals surface area contributed by atoms with Crippen LogP contribution < -0.4 is 9.47 Å². The summed E-state index contributed by atoms with van der Waals surface area (Å²) in [7, 11) is 1.70. The van der Waals surface area contributed by atoms with Gasteiger partial charge in [-0.15, -0.1) is 0 Å². The minimum Gasteiger partial charge on any atom is -0.497 e.